The van der Waals surface area contributed by atoms with Gasteiger partial charge in [-0.15, -0.1) is 0 Å². The molecule has 0 radical (unpaired) electrons. The Kier molecular flexibility index (Phi) is 4.66. The van der Waals surface area contributed by atoms with Crippen LogP contribution in [0.3, 0.4) is 0 Å². The average molecular weight is 189 g/mol. The van der Waals surface area contributed by atoms with Crippen LogP contribution < -0.4 is 0 Å². The van der Waals surface area contributed by atoms with Crippen molar-refractivity contribution in [1.29, 1.82) is 0 Å². The van der Waals surface area contributed by atoms with Gasteiger partial charge >= 0.3 is 0 Å². The van der Waals surface area contributed by atoms with Crippen LogP contribution in [-0.2, 0) is 14.3 Å². The number of methoxy groups -OCH3 is 1. The molecule has 4 heteroatoms. The van der Waals surface area contributed by atoms with Gasteiger partial charge in [-0.1, -0.05) is 0 Å². The first-order valence-corrected chi connectivity index (χ1v) is 4.79. The molecule has 0 aromatic carbocycles. The van der Waals surface area contributed by atoms with Crippen LogP contribution in [-0.4, -0.2) is 44.3 Å². The molecule has 1 aliphatic rings. The van der Waals surface area contributed by atoms with E-state index in [1.807, 2.05) is 12.0 Å². The zero-order valence-electron chi connectivity index (χ0n) is 8.66. The van der Waals surface area contributed by atoms with Gasteiger partial charge in [-0.25, -0.2) is 0 Å². The van der Waals surface area contributed by atoms with E-state index in [0.717, 1.165) is 19.6 Å². The highest BCUT2D eigenvalue weighted by molar-refractivity contribution is 4.80. The topological polar surface area (TPSA) is 30.9 Å². The van der Waals surface area contributed by atoms with E-state index in [-0.39, 0.29) is 6.10 Å². The van der Waals surface area contributed by atoms with Crippen molar-refractivity contribution in [1.82, 2.24) is 5.06 Å². The summed E-state index contributed by atoms with van der Waals surface area (Å²) < 4.78 is 10.4. The first kappa shape index (κ1) is 10.9. The van der Waals surface area contributed by atoms with Crippen molar-refractivity contribution in [3.05, 3.63) is 0 Å². The largest absolute Gasteiger partial charge is 0.359 e. The second-order valence-electron chi connectivity index (χ2n) is 3.20. The van der Waals surface area contributed by atoms with Gasteiger partial charge in [0.25, 0.3) is 0 Å². The van der Waals surface area contributed by atoms with Crippen molar-refractivity contribution in [2.24, 2.45) is 0 Å². The van der Waals surface area contributed by atoms with E-state index in [4.69, 9.17) is 14.3 Å². The van der Waals surface area contributed by atoms with E-state index in [0.29, 0.717) is 12.8 Å². The van der Waals surface area contributed by atoms with Gasteiger partial charge in [0.1, 0.15) is 6.79 Å². The molecule has 0 bridgehead atoms. The SMILES string of the molecule is CCON1CCC(OCOC)C1C. The van der Waals surface area contributed by atoms with Crippen LogP contribution in [0.2, 0.25) is 0 Å². The fourth-order valence-electron chi connectivity index (χ4n) is 1.61. The van der Waals surface area contributed by atoms with Crippen molar-refractivity contribution in [3.8, 4) is 0 Å². The summed E-state index contributed by atoms with van der Waals surface area (Å²) in [5, 5.41) is 1.99. The molecule has 1 aliphatic heterocycles. The van der Waals surface area contributed by atoms with Crippen LogP contribution in [0.15, 0.2) is 0 Å². The summed E-state index contributed by atoms with van der Waals surface area (Å²) in [6.45, 7) is 6.15. The van der Waals surface area contributed by atoms with Gasteiger partial charge in [-0.2, -0.15) is 5.06 Å². The summed E-state index contributed by atoms with van der Waals surface area (Å²) in [5.74, 6) is 0. The Hall–Kier alpha value is -0.160. The zero-order chi connectivity index (χ0) is 9.68. The lowest BCUT2D eigenvalue weighted by molar-refractivity contribution is -0.178. The summed E-state index contributed by atoms with van der Waals surface area (Å²) in [7, 11) is 1.64. The third kappa shape index (κ3) is 2.91. The van der Waals surface area contributed by atoms with E-state index in [1.165, 1.54) is 0 Å². The summed E-state index contributed by atoms with van der Waals surface area (Å²) in [6.07, 6.45) is 1.26. The lowest BCUT2D eigenvalue weighted by Gasteiger charge is -2.22. The predicted molar refractivity (Wildman–Crippen MR) is 49.2 cm³/mol. The van der Waals surface area contributed by atoms with Crippen LogP contribution in [0.1, 0.15) is 20.3 Å². The molecule has 1 heterocycles. The molecule has 0 N–H and O–H groups in total. The summed E-state index contributed by atoms with van der Waals surface area (Å²) in [5.41, 5.74) is 0. The van der Waals surface area contributed by atoms with Crippen LogP contribution in [0.5, 0.6) is 0 Å². The molecule has 0 aromatic heterocycles. The average Bonchev–Trinajstić information content (AvgIpc) is 2.46. The molecule has 1 rings (SSSR count). The second-order valence-corrected chi connectivity index (χ2v) is 3.20. The summed E-state index contributed by atoms with van der Waals surface area (Å²) in [4.78, 5) is 5.44. The molecule has 13 heavy (non-hydrogen) atoms. The molecule has 78 valence electrons. The standard InChI is InChI=1S/C9H19NO3/c1-4-13-10-6-5-9(8(10)2)12-7-11-3/h8-9H,4-7H2,1-3H3. The maximum atomic E-state index is 5.50. The molecule has 1 fully saturated rings. The Balaban J connectivity index is 2.27. The van der Waals surface area contributed by atoms with Gasteiger partial charge in [0.15, 0.2) is 0 Å². The Labute approximate surface area is 79.7 Å². The minimum atomic E-state index is 0.242. The smallest absolute Gasteiger partial charge is 0.146 e. The molecule has 4 nitrogen and oxygen atoms in total. The zero-order valence-corrected chi connectivity index (χ0v) is 8.66. The van der Waals surface area contributed by atoms with Gasteiger partial charge in [-0.3, -0.25) is 4.84 Å². The molecular weight excluding hydrogens is 170 g/mol. The predicted octanol–water partition coefficient (Wildman–Crippen LogP) is 1.02. The lowest BCUT2D eigenvalue weighted by Crippen LogP contribution is -2.34. The van der Waals surface area contributed by atoms with Crippen LogP contribution in [0, 0.1) is 0 Å². The molecule has 0 spiro atoms. The molecule has 0 saturated carbocycles. The molecule has 1 saturated heterocycles. The Morgan fingerprint density at radius 3 is 2.85 bits per heavy atom. The Bertz CT molecular complexity index is 143. The molecule has 2 unspecified atom stereocenters. The highest BCUT2D eigenvalue weighted by Gasteiger charge is 2.31. The van der Waals surface area contributed by atoms with Crippen LogP contribution >= 0.6 is 0 Å². The van der Waals surface area contributed by atoms with Gasteiger partial charge in [0, 0.05) is 13.7 Å². The minimum Gasteiger partial charge on any atom is -0.359 e. The molecular formula is C9H19NO3. The summed E-state index contributed by atoms with van der Waals surface area (Å²) in [6, 6.07) is 0.329. The van der Waals surface area contributed by atoms with Crippen molar-refractivity contribution >= 4 is 0 Å². The third-order valence-corrected chi connectivity index (χ3v) is 2.32. The molecule has 0 aliphatic carbocycles. The number of rotatable bonds is 5. The van der Waals surface area contributed by atoms with E-state index in [1.54, 1.807) is 7.11 Å². The molecule has 2 atom stereocenters. The Morgan fingerprint density at radius 1 is 1.46 bits per heavy atom. The van der Waals surface area contributed by atoms with Crippen molar-refractivity contribution in [2.45, 2.75) is 32.4 Å². The van der Waals surface area contributed by atoms with E-state index in [2.05, 4.69) is 6.92 Å². The van der Waals surface area contributed by atoms with Crippen LogP contribution in [0.4, 0.5) is 0 Å². The fraction of sp³-hybridized carbons (Fsp3) is 1.00. The van der Waals surface area contributed by atoms with Crippen molar-refractivity contribution in [2.75, 3.05) is 27.1 Å². The normalized spacial score (nSPS) is 29.8. The number of nitrogens with zero attached hydrogens (tertiary/aromatic N) is 1. The highest BCUT2D eigenvalue weighted by Crippen LogP contribution is 2.20. The second kappa shape index (κ2) is 5.54. The number of hydroxylamine groups is 2. The van der Waals surface area contributed by atoms with E-state index < -0.39 is 0 Å². The molecule has 0 aromatic rings. The van der Waals surface area contributed by atoms with Gasteiger partial charge in [-0.05, 0) is 20.3 Å². The van der Waals surface area contributed by atoms with E-state index >= 15 is 0 Å². The maximum absolute atomic E-state index is 5.50. The number of hydrogen-bond acceptors (Lipinski definition) is 4. The third-order valence-electron chi connectivity index (χ3n) is 2.32. The first-order chi connectivity index (χ1) is 6.29. The number of ether oxygens (including phenoxy) is 2. The monoisotopic (exact) mass is 189 g/mol. The van der Waals surface area contributed by atoms with Gasteiger partial charge < -0.3 is 9.47 Å². The van der Waals surface area contributed by atoms with E-state index in [9.17, 15) is 0 Å². The minimum absolute atomic E-state index is 0.242. The highest BCUT2D eigenvalue weighted by atomic mass is 16.7. The van der Waals surface area contributed by atoms with Crippen LogP contribution in [0.25, 0.3) is 0 Å². The van der Waals surface area contributed by atoms with Crippen molar-refractivity contribution in [3.63, 3.8) is 0 Å². The Morgan fingerprint density at radius 2 is 2.23 bits per heavy atom. The molecule has 0 amide bonds. The quantitative estimate of drug-likeness (QED) is 0.604. The van der Waals surface area contributed by atoms with Gasteiger partial charge in [0.05, 0.1) is 18.8 Å². The first-order valence-electron chi connectivity index (χ1n) is 4.79. The summed E-state index contributed by atoms with van der Waals surface area (Å²) >= 11 is 0. The van der Waals surface area contributed by atoms with Crippen molar-refractivity contribution < 1.29 is 14.3 Å². The maximum Gasteiger partial charge on any atom is 0.146 e. The fourth-order valence-corrected chi connectivity index (χ4v) is 1.61. The lowest BCUT2D eigenvalue weighted by atomic mass is 10.2. The van der Waals surface area contributed by atoms with Gasteiger partial charge in [0.2, 0.25) is 0 Å². The number of hydrogen-bond donors (Lipinski definition) is 0.